The zero-order valence-electron chi connectivity index (χ0n) is 19.9. The number of ether oxygens (including phenoxy) is 2. The summed E-state index contributed by atoms with van der Waals surface area (Å²) in [5, 5.41) is 3.51. The van der Waals surface area contributed by atoms with Gasteiger partial charge in [-0.25, -0.2) is 4.39 Å². The smallest absolute Gasteiger partial charge is 0.328 e. The molecule has 4 rings (SSSR count). The largest absolute Gasteiger partial charge is 0.494 e. The second-order valence-corrected chi connectivity index (χ2v) is 9.12. The number of hydrogen-bond acceptors (Lipinski definition) is 8. The minimum absolute atomic E-state index is 0.153. The van der Waals surface area contributed by atoms with Gasteiger partial charge in [-0.3, -0.25) is 0 Å². The fraction of sp³-hybridized carbons (Fsp3) is 0.625. The van der Waals surface area contributed by atoms with Gasteiger partial charge in [0.1, 0.15) is 5.75 Å². The minimum atomic E-state index is -0.496. The van der Waals surface area contributed by atoms with Gasteiger partial charge in [0.2, 0.25) is 11.9 Å². The van der Waals surface area contributed by atoms with Gasteiger partial charge in [0, 0.05) is 25.2 Å². The van der Waals surface area contributed by atoms with E-state index in [9.17, 15) is 4.39 Å². The lowest BCUT2D eigenvalue weighted by Crippen LogP contribution is -2.42. The lowest BCUT2D eigenvalue weighted by atomic mass is 10.0. The Morgan fingerprint density at radius 1 is 1.03 bits per heavy atom. The number of nitrogens with one attached hydrogen (secondary N) is 1. The molecule has 1 aliphatic heterocycles. The third-order valence-corrected chi connectivity index (χ3v) is 6.68. The molecule has 8 nitrogen and oxygen atoms in total. The van der Waals surface area contributed by atoms with Gasteiger partial charge in [-0.1, -0.05) is 25.7 Å². The zero-order chi connectivity index (χ0) is 23.2. The van der Waals surface area contributed by atoms with Crippen LogP contribution < -0.4 is 19.7 Å². The van der Waals surface area contributed by atoms with Crippen molar-refractivity contribution in [2.24, 2.45) is 0 Å². The van der Waals surface area contributed by atoms with Gasteiger partial charge in [0.15, 0.2) is 11.6 Å². The molecular weight excluding hydrogens is 423 g/mol. The molecule has 0 atom stereocenters. The number of rotatable bonds is 7. The van der Waals surface area contributed by atoms with Crippen LogP contribution in [0.5, 0.6) is 17.5 Å². The Balaban J connectivity index is 1.58. The van der Waals surface area contributed by atoms with Crippen molar-refractivity contribution >= 4 is 11.9 Å². The molecule has 2 fully saturated rings. The standard InChI is InChI=1S/C24H35FN6O2/c1-30-14-12-18(13-15-30)31(2)23-27-22(26-17-8-6-4-5-7-9-17)28-24(29-23)33-19-10-11-21(32-3)20(25)16-19/h10-11,16-18H,4-9,12-15H2,1-3H3,(H,26,27,28,29). The highest BCUT2D eigenvalue weighted by atomic mass is 19.1. The number of likely N-dealkylation sites (tertiary alicyclic amines) is 1. The van der Waals surface area contributed by atoms with E-state index in [0.717, 1.165) is 38.8 Å². The van der Waals surface area contributed by atoms with Gasteiger partial charge < -0.3 is 24.6 Å². The molecule has 0 spiro atoms. The highest BCUT2D eigenvalue weighted by Crippen LogP contribution is 2.28. The summed E-state index contributed by atoms with van der Waals surface area (Å²) in [6, 6.07) is 5.29. The molecule has 0 amide bonds. The van der Waals surface area contributed by atoms with Crippen LogP contribution in [0.1, 0.15) is 51.4 Å². The Kier molecular flexibility index (Phi) is 7.80. The van der Waals surface area contributed by atoms with Crippen molar-refractivity contribution in [2.45, 2.75) is 63.5 Å². The molecule has 1 aromatic carbocycles. The van der Waals surface area contributed by atoms with Gasteiger partial charge in [0.05, 0.1) is 7.11 Å². The van der Waals surface area contributed by atoms with E-state index in [1.54, 1.807) is 6.07 Å². The van der Waals surface area contributed by atoms with Crippen LogP contribution in [0.2, 0.25) is 0 Å². The molecule has 2 aliphatic rings. The van der Waals surface area contributed by atoms with E-state index < -0.39 is 5.82 Å². The number of piperidine rings is 1. The summed E-state index contributed by atoms with van der Waals surface area (Å²) in [5.74, 6) is 1.06. The lowest BCUT2D eigenvalue weighted by Gasteiger charge is -2.35. The van der Waals surface area contributed by atoms with Crippen molar-refractivity contribution in [3.05, 3.63) is 24.0 Å². The van der Waals surface area contributed by atoms with Crippen LogP contribution in [-0.2, 0) is 0 Å². The van der Waals surface area contributed by atoms with Crippen LogP contribution in [0.15, 0.2) is 18.2 Å². The maximum absolute atomic E-state index is 14.2. The highest BCUT2D eigenvalue weighted by Gasteiger charge is 2.24. The first-order chi connectivity index (χ1) is 16.0. The summed E-state index contributed by atoms with van der Waals surface area (Å²) in [4.78, 5) is 18.3. The van der Waals surface area contributed by atoms with E-state index in [0.29, 0.717) is 29.7 Å². The van der Waals surface area contributed by atoms with Crippen molar-refractivity contribution in [3.63, 3.8) is 0 Å². The molecule has 0 radical (unpaired) electrons. The van der Waals surface area contributed by atoms with E-state index in [2.05, 4.69) is 32.1 Å². The summed E-state index contributed by atoms with van der Waals surface area (Å²) in [7, 11) is 5.60. The average molecular weight is 459 g/mol. The van der Waals surface area contributed by atoms with Crippen molar-refractivity contribution < 1.29 is 13.9 Å². The van der Waals surface area contributed by atoms with Crippen molar-refractivity contribution in [3.8, 4) is 17.5 Å². The maximum Gasteiger partial charge on any atom is 0.328 e. The normalized spacial score (nSPS) is 18.5. The molecule has 0 bridgehead atoms. The Hall–Kier alpha value is -2.68. The van der Waals surface area contributed by atoms with Gasteiger partial charge in [-0.05, 0) is 58.0 Å². The van der Waals surface area contributed by atoms with Crippen LogP contribution in [0.3, 0.4) is 0 Å². The third kappa shape index (κ3) is 6.22. The number of benzene rings is 1. The number of anilines is 2. The van der Waals surface area contributed by atoms with Gasteiger partial charge >= 0.3 is 6.01 Å². The second-order valence-electron chi connectivity index (χ2n) is 9.12. The van der Waals surface area contributed by atoms with Gasteiger partial charge in [-0.2, -0.15) is 15.0 Å². The number of aromatic nitrogens is 3. The second kappa shape index (κ2) is 11.0. The number of halogens is 1. The fourth-order valence-electron chi connectivity index (χ4n) is 4.58. The molecule has 1 saturated heterocycles. The molecule has 2 aromatic rings. The van der Waals surface area contributed by atoms with Gasteiger partial charge in [-0.15, -0.1) is 0 Å². The van der Waals surface area contributed by atoms with Crippen LogP contribution >= 0.6 is 0 Å². The predicted molar refractivity (Wildman–Crippen MR) is 127 cm³/mol. The first-order valence-corrected chi connectivity index (χ1v) is 12.0. The Labute approximate surface area is 195 Å². The Morgan fingerprint density at radius 3 is 2.42 bits per heavy atom. The van der Waals surface area contributed by atoms with Crippen LogP contribution in [-0.4, -0.2) is 66.2 Å². The molecular formula is C24H35FN6O2. The molecule has 2 heterocycles. The highest BCUT2D eigenvalue weighted by molar-refractivity contribution is 5.41. The molecule has 1 aromatic heterocycles. The molecule has 9 heteroatoms. The van der Waals surface area contributed by atoms with E-state index >= 15 is 0 Å². The Bertz CT molecular complexity index is 914. The maximum atomic E-state index is 14.2. The SMILES string of the molecule is COc1ccc(Oc2nc(NC3CCCCCC3)nc(N(C)C3CCN(C)CC3)n2)cc1F. The van der Waals surface area contributed by atoms with Crippen molar-refractivity contribution in [1.29, 1.82) is 0 Å². The molecule has 180 valence electrons. The number of methoxy groups -OCH3 is 1. The number of hydrogen-bond donors (Lipinski definition) is 1. The van der Waals surface area contributed by atoms with Crippen molar-refractivity contribution in [1.82, 2.24) is 19.9 Å². The van der Waals surface area contributed by atoms with Gasteiger partial charge in [0.25, 0.3) is 0 Å². The first-order valence-electron chi connectivity index (χ1n) is 12.0. The quantitative estimate of drug-likeness (QED) is 0.609. The van der Waals surface area contributed by atoms with Crippen molar-refractivity contribution in [2.75, 3.05) is 44.5 Å². The van der Waals surface area contributed by atoms with Crippen LogP contribution in [0.4, 0.5) is 16.3 Å². The third-order valence-electron chi connectivity index (χ3n) is 6.68. The average Bonchev–Trinajstić information content (AvgIpc) is 3.08. The topological polar surface area (TPSA) is 75.6 Å². The summed E-state index contributed by atoms with van der Waals surface area (Å²) < 4.78 is 25.1. The van der Waals surface area contributed by atoms with Crippen LogP contribution in [0, 0.1) is 5.82 Å². The number of nitrogens with zero attached hydrogens (tertiary/aromatic N) is 5. The van der Waals surface area contributed by atoms with E-state index in [1.165, 1.54) is 44.9 Å². The first kappa shape index (κ1) is 23.5. The monoisotopic (exact) mass is 458 g/mol. The molecule has 1 N–H and O–H groups in total. The molecule has 1 aliphatic carbocycles. The fourth-order valence-corrected chi connectivity index (χ4v) is 4.58. The minimum Gasteiger partial charge on any atom is -0.494 e. The van der Waals surface area contributed by atoms with E-state index in [4.69, 9.17) is 14.5 Å². The zero-order valence-corrected chi connectivity index (χ0v) is 19.9. The lowest BCUT2D eigenvalue weighted by molar-refractivity contribution is 0.252. The Morgan fingerprint density at radius 2 is 1.76 bits per heavy atom. The summed E-state index contributed by atoms with van der Waals surface area (Å²) in [6.45, 7) is 2.09. The molecule has 33 heavy (non-hydrogen) atoms. The molecule has 1 saturated carbocycles. The summed E-state index contributed by atoms with van der Waals surface area (Å²) in [6.07, 6.45) is 9.26. The predicted octanol–water partition coefficient (Wildman–Crippen LogP) is 4.48. The van der Waals surface area contributed by atoms with E-state index in [-0.39, 0.29) is 11.8 Å². The summed E-state index contributed by atoms with van der Waals surface area (Å²) in [5.41, 5.74) is 0. The summed E-state index contributed by atoms with van der Waals surface area (Å²) >= 11 is 0. The van der Waals surface area contributed by atoms with E-state index in [1.807, 2.05) is 7.05 Å². The molecule has 0 unspecified atom stereocenters. The van der Waals surface area contributed by atoms with Crippen LogP contribution in [0.25, 0.3) is 0 Å².